The van der Waals surface area contributed by atoms with E-state index in [0.717, 1.165) is 50.5 Å². The van der Waals surface area contributed by atoms with Crippen LogP contribution >= 0.6 is 24.0 Å². The number of anilines is 1. The van der Waals surface area contributed by atoms with E-state index in [1.54, 1.807) is 19.2 Å². The van der Waals surface area contributed by atoms with Gasteiger partial charge in [-0.1, -0.05) is 12.2 Å². The van der Waals surface area contributed by atoms with Crippen molar-refractivity contribution in [2.75, 3.05) is 31.6 Å². The highest BCUT2D eigenvalue weighted by atomic mass is 127. The molecule has 1 heterocycles. The van der Waals surface area contributed by atoms with Gasteiger partial charge in [0.15, 0.2) is 5.96 Å². The number of halogens is 3. The van der Waals surface area contributed by atoms with E-state index in [2.05, 4.69) is 31.3 Å². The number of nitrogens with zero attached hydrogens (tertiary/aromatic N) is 2. The number of alkyl halides is 2. The third kappa shape index (κ3) is 8.32. The molecule has 1 atom stereocenters. The van der Waals surface area contributed by atoms with Crippen molar-refractivity contribution in [1.82, 2.24) is 10.6 Å². The third-order valence-electron chi connectivity index (χ3n) is 4.25. The normalized spacial score (nSPS) is 17.7. The van der Waals surface area contributed by atoms with Gasteiger partial charge in [-0.2, -0.15) is 8.78 Å². The molecule has 27 heavy (non-hydrogen) atoms. The van der Waals surface area contributed by atoms with Crippen LogP contribution in [0.3, 0.4) is 0 Å². The van der Waals surface area contributed by atoms with Crippen LogP contribution in [0.5, 0.6) is 5.75 Å². The van der Waals surface area contributed by atoms with Crippen LogP contribution in [0.2, 0.25) is 0 Å². The maximum Gasteiger partial charge on any atom is 0.387 e. The molecular formula is C19H29F2IN4O. The summed E-state index contributed by atoms with van der Waals surface area (Å²) < 4.78 is 28.9. The van der Waals surface area contributed by atoms with Gasteiger partial charge in [-0.3, -0.25) is 4.99 Å². The summed E-state index contributed by atoms with van der Waals surface area (Å²) in [6, 6.07) is 7.10. The van der Waals surface area contributed by atoms with Crippen LogP contribution in [-0.2, 0) is 0 Å². The number of hydrogen-bond acceptors (Lipinski definition) is 3. The second kappa shape index (κ2) is 12.7. The fourth-order valence-corrected chi connectivity index (χ4v) is 3.00. The van der Waals surface area contributed by atoms with Gasteiger partial charge in [0.25, 0.3) is 0 Å². The summed E-state index contributed by atoms with van der Waals surface area (Å²) in [5.74, 6) is 0.989. The van der Waals surface area contributed by atoms with Crippen LogP contribution in [0.25, 0.3) is 0 Å². The molecule has 152 valence electrons. The van der Waals surface area contributed by atoms with E-state index >= 15 is 0 Å². The zero-order chi connectivity index (χ0) is 18.8. The Kier molecular flexibility index (Phi) is 11.1. The molecule has 1 unspecified atom stereocenters. The van der Waals surface area contributed by atoms with Gasteiger partial charge in [0.2, 0.25) is 0 Å². The Morgan fingerprint density at radius 3 is 2.74 bits per heavy atom. The number of aliphatic imine (C=N–C) groups is 1. The molecule has 1 aliphatic rings. The monoisotopic (exact) mass is 494 g/mol. The first-order valence-corrected chi connectivity index (χ1v) is 9.00. The minimum atomic E-state index is -2.79. The minimum absolute atomic E-state index is 0. The molecule has 0 bridgehead atoms. The molecule has 0 saturated carbocycles. The lowest BCUT2D eigenvalue weighted by Gasteiger charge is -2.35. The Labute approximate surface area is 177 Å². The van der Waals surface area contributed by atoms with E-state index in [-0.39, 0.29) is 35.8 Å². The molecule has 1 saturated heterocycles. The predicted octanol–water partition coefficient (Wildman–Crippen LogP) is 4.01. The number of allylic oxidation sites excluding steroid dienone is 1. The third-order valence-corrected chi connectivity index (χ3v) is 4.25. The molecule has 8 heteroatoms. The van der Waals surface area contributed by atoms with Crippen LogP contribution in [0.4, 0.5) is 14.5 Å². The first-order chi connectivity index (χ1) is 12.6. The number of rotatable bonds is 7. The lowest BCUT2D eigenvalue weighted by Crippen LogP contribution is -2.51. The van der Waals surface area contributed by atoms with Crippen molar-refractivity contribution in [2.45, 2.75) is 38.8 Å². The summed E-state index contributed by atoms with van der Waals surface area (Å²) in [7, 11) is 1.77. The molecule has 0 aromatic heterocycles. The number of piperidine rings is 1. The van der Waals surface area contributed by atoms with Gasteiger partial charge < -0.3 is 20.3 Å². The lowest BCUT2D eigenvalue weighted by molar-refractivity contribution is -0.0498. The highest BCUT2D eigenvalue weighted by Crippen LogP contribution is 2.23. The maximum absolute atomic E-state index is 12.3. The first kappa shape index (κ1) is 23.5. The van der Waals surface area contributed by atoms with Gasteiger partial charge in [-0.15, -0.1) is 24.0 Å². The van der Waals surface area contributed by atoms with Gasteiger partial charge in [0.1, 0.15) is 5.75 Å². The molecule has 2 rings (SSSR count). The predicted molar refractivity (Wildman–Crippen MR) is 118 cm³/mol. The van der Waals surface area contributed by atoms with E-state index in [1.165, 1.54) is 0 Å². The standard InChI is InChI=1S/C19H28F2N4O.HI/c1-3-4-5-12-23-19(22-2)24-15-7-6-13-25(14-15)16-8-10-17(11-9-16)26-18(20)21;/h3-4,8-11,15,18H,5-7,12-14H2,1-2H3,(H2,22,23,24);1H/b4-3+;. The van der Waals surface area contributed by atoms with Crippen molar-refractivity contribution in [3.05, 3.63) is 36.4 Å². The van der Waals surface area contributed by atoms with E-state index in [1.807, 2.05) is 25.1 Å². The Balaban J connectivity index is 0.00000364. The maximum atomic E-state index is 12.3. The van der Waals surface area contributed by atoms with Crippen molar-refractivity contribution in [1.29, 1.82) is 0 Å². The van der Waals surface area contributed by atoms with Crippen molar-refractivity contribution >= 4 is 35.6 Å². The average Bonchev–Trinajstić information content (AvgIpc) is 2.64. The molecule has 1 fully saturated rings. The van der Waals surface area contributed by atoms with E-state index in [0.29, 0.717) is 0 Å². The number of nitrogens with one attached hydrogen (secondary N) is 2. The number of hydrogen-bond donors (Lipinski definition) is 2. The second-order valence-electron chi connectivity index (χ2n) is 6.16. The molecule has 1 aromatic carbocycles. The van der Waals surface area contributed by atoms with Crippen molar-refractivity contribution in [2.24, 2.45) is 4.99 Å². The zero-order valence-electron chi connectivity index (χ0n) is 15.8. The van der Waals surface area contributed by atoms with Gasteiger partial charge in [-0.25, -0.2) is 0 Å². The number of benzene rings is 1. The Morgan fingerprint density at radius 2 is 2.11 bits per heavy atom. The zero-order valence-corrected chi connectivity index (χ0v) is 18.2. The van der Waals surface area contributed by atoms with Crippen molar-refractivity contribution < 1.29 is 13.5 Å². The number of guanidine groups is 1. The van der Waals surface area contributed by atoms with Gasteiger partial charge in [0, 0.05) is 38.4 Å². The molecule has 2 N–H and O–H groups in total. The smallest absolute Gasteiger partial charge is 0.387 e. The van der Waals surface area contributed by atoms with Crippen LogP contribution in [0, 0.1) is 0 Å². The highest BCUT2D eigenvalue weighted by molar-refractivity contribution is 14.0. The van der Waals surface area contributed by atoms with Crippen molar-refractivity contribution in [3.8, 4) is 5.75 Å². The van der Waals surface area contributed by atoms with E-state index in [4.69, 9.17) is 0 Å². The highest BCUT2D eigenvalue weighted by Gasteiger charge is 2.21. The number of ether oxygens (including phenoxy) is 1. The Morgan fingerprint density at radius 1 is 1.37 bits per heavy atom. The Hall–Kier alpha value is -1.58. The lowest BCUT2D eigenvalue weighted by atomic mass is 10.0. The summed E-state index contributed by atoms with van der Waals surface area (Å²) >= 11 is 0. The quantitative estimate of drug-likeness (QED) is 0.198. The second-order valence-corrected chi connectivity index (χ2v) is 6.16. The summed E-state index contributed by atoms with van der Waals surface area (Å²) in [4.78, 5) is 6.53. The van der Waals surface area contributed by atoms with E-state index < -0.39 is 6.61 Å². The van der Waals surface area contributed by atoms with Crippen LogP contribution < -0.4 is 20.3 Å². The van der Waals surface area contributed by atoms with Crippen LogP contribution in [-0.4, -0.2) is 45.3 Å². The molecular weight excluding hydrogens is 465 g/mol. The fourth-order valence-electron chi connectivity index (χ4n) is 3.00. The summed E-state index contributed by atoms with van der Waals surface area (Å²) in [6.45, 7) is 1.84. The SMILES string of the molecule is C/C=C/CCNC(=NC)NC1CCCN(c2ccc(OC(F)F)cc2)C1.I. The Bertz CT molecular complexity index is 596. The minimum Gasteiger partial charge on any atom is -0.435 e. The average molecular weight is 494 g/mol. The van der Waals surface area contributed by atoms with Gasteiger partial charge in [-0.05, 0) is 50.5 Å². The molecule has 0 aliphatic carbocycles. The molecule has 0 radical (unpaired) electrons. The summed E-state index contributed by atoms with van der Waals surface area (Å²) in [6.07, 6.45) is 7.24. The topological polar surface area (TPSA) is 48.9 Å². The van der Waals surface area contributed by atoms with Gasteiger partial charge >= 0.3 is 6.61 Å². The van der Waals surface area contributed by atoms with Gasteiger partial charge in [0.05, 0.1) is 0 Å². The first-order valence-electron chi connectivity index (χ1n) is 9.00. The largest absolute Gasteiger partial charge is 0.435 e. The fraction of sp³-hybridized carbons (Fsp3) is 0.526. The summed E-state index contributed by atoms with van der Waals surface area (Å²) in [5.41, 5.74) is 1.01. The molecule has 1 aliphatic heterocycles. The van der Waals surface area contributed by atoms with Crippen molar-refractivity contribution in [3.63, 3.8) is 0 Å². The van der Waals surface area contributed by atoms with Crippen LogP contribution in [0.1, 0.15) is 26.2 Å². The molecule has 0 spiro atoms. The van der Waals surface area contributed by atoms with E-state index in [9.17, 15) is 8.78 Å². The molecule has 0 amide bonds. The van der Waals surface area contributed by atoms with Crippen LogP contribution in [0.15, 0.2) is 41.4 Å². The molecule has 1 aromatic rings. The molecule has 5 nitrogen and oxygen atoms in total. The summed E-state index contributed by atoms with van der Waals surface area (Å²) in [5, 5.41) is 6.78.